The molecular formula is C17H13NO4. The largest absolute Gasteiger partial charge is 0.434 e. The van der Waals surface area contributed by atoms with Gasteiger partial charge in [0.2, 0.25) is 0 Å². The molecule has 5 nitrogen and oxygen atoms in total. The van der Waals surface area contributed by atoms with Crippen molar-refractivity contribution < 1.29 is 19.1 Å². The number of esters is 1. The molecule has 2 aromatic rings. The lowest BCUT2D eigenvalue weighted by Crippen LogP contribution is -2.50. The molecule has 22 heavy (non-hydrogen) atoms. The Labute approximate surface area is 127 Å². The van der Waals surface area contributed by atoms with Crippen LogP contribution in [-0.2, 0) is 20.7 Å². The van der Waals surface area contributed by atoms with Crippen molar-refractivity contribution in [2.75, 3.05) is 7.05 Å². The van der Waals surface area contributed by atoms with Crippen molar-refractivity contribution in [3.8, 4) is 16.9 Å². The van der Waals surface area contributed by atoms with Gasteiger partial charge in [-0.05, 0) is 17.2 Å². The van der Waals surface area contributed by atoms with Gasteiger partial charge < -0.3 is 9.47 Å². The summed E-state index contributed by atoms with van der Waals surface area (Å²) in [5, 5.41) is 0. The minimum Gasteiger partial charge on any atom is -0.434 e. The summed E-state index contributed by atoms with van der Waals surface area (Å²) in [6.45, 7) is 0. The Balaban J connectivity index is 1.95. The average molecular weight is 295 g/mol. The van der Waals surface area contributed by atoms with E-state index in [4.69, 9.17) is 9.47 Å². The fourth-order valence-corrected chi connectivity index (χ4v) is 2.96. The van der Waals surface area contributed by atoms with Crippen molar-refractivity contribution in [3.05, 3.63) is 54.1 Å². The molecule has 5 heteroatoms. The molecule has 0 N–H and O–H groups in total. The molecule has 1 spiro atoms. The molecule has 1 unspecified atom stereocenters. The van der Waals surface area contributed by atoms with E-state index in [-0.39, 0.29) is 6.42 Å². The number of carbonyl (C=O) groups is 2. The highest BCUT2D eigenvalue weighted by atomic mass is 16.8. The summed E-state index contributed by atoms with van der Waals surface area (Å²) in [5.74, 6) is -2.42. The molecule has 0 aliphatic carbocycles. The van der Waals surface area contributed by atoms with Gasteiger partial charge in [-0.15, -0.1) is 0 Å². The Hall–Kier alpha value is -2.82. The molecule has 4 rings (SSSR count). The van der Waals surface area contributed by atoms with E-state index in [1.807, 2.05) is 48.5 Å². The van der Waals surface area contributed by atoms with E-state index in [0.29, 0.717) is 5.75 Å². The molecule has 1 fully saturated rings. The Bertz CT molecular complexity index is 751. The molecule has 1 atom stereocenters. The maximum atomic E-state index is 11.9. The van der Waals surface area contributed by atoms with E-state index in [1.54, 1.807) is 0 Å². The molecule has 2 aliphatic rings. The van der Waals surface area contributed by atoms with Gasteiger partial charge in [-0.2, -0.15) is 0 Å². The van der Waals surface area contributed by atoms with E-state index in [2.05, 4.69) is 0 Å². The molecule has 1 amide bonds. The highest BCUT2D eigenvalue weighted by Gasteiger charge is 2.55. The first-order chi connectivity index (χ1) is 10.6. The zero-order valence-electron chi connectivity index (χ0n) is 11.9. The lowest BCUT2D eigenvalue weighted by Gasteiger charge is -2.32. The number of benzene rings is 2. The first-order valence-corrected chi connectivity index (χ1v) is 6.98. The summed E-state index contributed by atoms with van der Waals surface area (Å²) in [6, 6.07) is 15.3. The number of ether oxygens (including phenoxy) is 2. The zero-order valence-corrected chi connectivity index (χ0v) is 11.9. The number of para-hydroxylation sites is 1. The maximum Gasteiger partial charge on any atom is 0.401 e. The van der Waals surface area contributed by atoms with Crippen molar-refractivity contribution >= 4 is 11.9 Å². The van der Waals surface area contributed by atoms with Gasteiger partial charge in [0.25, 0.3) is 0 Å². The van der Waals surface area contributed by atoms with Crippen molar-refractivity contribution in [2.24, 2.45) is 0 Å². The van der Waals surface area contributed by atoms with Crippen LogP contribution in [-0.4, -0.2) is 29.7 Å². The number of hydrogen-bond acceptors (Lipinski definition) is 4. The summed E-state index contributed by atoms with van der Waals surface area (Å²) in [6.07, 6.45) is 0.284. The molecule has 0 radical (unpaired) electrons. The Morgan fingerprint density at radius 3 is 2.36 bits per heavy atom. The van der Waals surface area contributed by atoms with Crippen LogP contribution >= 0.6 is 0 Å². The van der Waals surface area contributed by atoms with Gasteiger partial charge in [0.15, 0.2) is 0 Å². The maximum absolute atomic E-state index is 11.9. The number of amides is 1. The third kappa shape index (κ3) is 1.65. The van der Waals surface area contributed by atoms with Gasteiger partial charge in [-0.25, -0.2) is 4.79 Å². The van der Waals surface area contributed by atoms with Crippen LogP contribution in [0.2, 0.25) is 0 Å². The van der Waals surface area contributed by atoms with E-state index in [0.717, 1.165) is 16.7 Å². The van der Waals surface area contributed by atoms with Crippen LogP contribution in [0.4, 0.5) is 0 Å². The lowest BCUT2D eigenvalue weighted by atomic mass is 9.97. The molecular weight excluding hydrogens is 282 g/mol. The van der Waals surface area contributed by atoms with Crippen LogP contribution in [0.15, 0.2) is 48.5 Å². The molecule has 0 saturated carbocycles. The molecule has 0 aromatic heterocycles. The summed E-state index contributed by atoms with van der Waals surface area (Å²) in [5.41, 5.74) is 2.89. The predicted molar refractivity (Wildman–Crippen MR) is 77.8 cm³/mol. The van der Waals surface area contributed by atoms with Crippen LogP contribution in [0.3, 0.4) is 0 Å². The van der Waals surface area contributed by atoms with Crippen LogP contribution < -0.4 is 4.74 Å². The third-order valence-electron chi connectivity index (χ3n) is 4.12. The van der Waals surface area contributed by atoms with Gasteiger partial charge in [-0.1, -0.05) is 42.5 Å². The van der Waals surface area contributed by atoms with E-state index >= 15 is 0 Å². The van der Waals surface area contributed by atoms with Crippen molar-refractivity contribution in [2.45, 2.75) is 12.3 Å². The quantitative estimate of drug-likeness (QED) is 0.551. The van der Waals surface area contributed by atoms with Crippen molar-refractivity contribution in [3.63, 3.8) is 0 Å². The van der Waals surface area contributed by atoms with Crippen LogP contribution in [0.5, 0.6) is 5.75 Å². The topological polar surface area (TPSA) is 55.8 Å². The summed E-state index contributed by atoms with van der Waals surface area (Å²) < 4.78 is 11.3. The van der Waals surface area contributed by atoms with Crippen LogP contribution in [0.25, 0.3) is 11.1 Å². The molecule has 0 bridgehead atoms. The summed E-state index contributed by atoms with van der Waals surface area (Å²) in [7, 11) is 1.52. The number of hydrogen-bond donors (Lipinski definition) is 0. The third-order valence-corrected chi connectivity index (χ3v) is 4.12. The molecule has 2 aromatic carbocycles. The number of likely N-dealkylation sites (N-methyl/N-ethyl adjacent to an activating group) is 1. The Morgan fingerprint density at radius 2 is 1.64 bits per heavy atom. The number of carbonyl (C=O) groups excluding carboxylic acids is 2. The van der Waals surface area contributed by atoms with Gasteiger partial charge in [-0.3, -0.25) is 9.69 Å². The summed E-state index contributed by atoms with van der Waals surface area (Å²) in [4.78, 5) is 24.8. The van der Waals surface area contributed by atoms with E-state index < -0.39 is 17.8 Å². The first-order valence-electron chi connectivity index (χ1n) is 6.98. The standard InChI is InChI=1S/C17H13NO4/c1-18-15(19)16(20)22-17(18)10-11-6-2-3-7-12(11)13-8-4-5-9-14(13)21-17/h2-9H,10H2,1H3. The fourth-order valence-electron chi connectivity index (χ4n) is 2.96. The van der Waals surface area contributed by atoms with Gasteiger partial charge in [0.05, 0.1) is 6.42 Å². The second kappa shape index (κ2) is 4.34. The molecule has 2 aliphatic heterocycles. The van der Waals surface area contributed by atoms with Crippen molar-refractivity contribution in [1.29, 1.82) is 0 Å². The van der Waals surface area contributed by atoms with E-state index in [9.17, 15) is 9.59 Å². The van der Waals surface area contributed by atoms with Gasteiger partial charge in [0, 0.05) is 12.6 Å². The first kappa shape index (κ1) is 12.9. The predicted octanol–water partition coefficient (Wildman–Crippen LogP) is 1.96. The normalized spacial score (nSPS) is 22.7. The minimum atomic E-state index is -1.42. The van der Waals surface area contributed by atoms with Crippen LogP contribution in [0.1, 0.15) is 5.56 Å². The SMILES string of the molecule is CN1C(=O)C(=O)OC12Cc1ccccc1-c1ccccc1O2. The van der Waals surface area contributed by atoms with Crippen molar-refractivity contribution in [1.82, 2.24) is 4.90 Å². The van der Waals surface area contributed by atoms with Crippen LogP contribution in [0, 0.1) is 0 Å². The number of fused-ring (bicyclic) bond motifs is 3. The Morgan fingerprint density at radius 1 is 0.955 bits per heavy atom. The second-order valence-corrected chi connectivity index (χ2v) is 5.40. The summed E-state index contributed by atoms with van der Waals surface area (Å²) >= 11 is 0. The fraction of sp³-hybridized carbons (Fsp3) is 0.176. The molecule has 1 saturated heterocycles. The number of nitrogens with zero attached hydrogens (tertiary/aromatic N) is 1. The smallest absolute Gasteiger partial charge is 0.401 e. The number of rotatable bonds is 0. The lowest BCUT2D eigenvalue weighted by molar-refractivity contribution is -0.215. The molecule has 110 valence electrons. The second-order valence-electron chi connectivity index (χ2n) is 5.40. The van der Waals surface area contributed by atoms with Gasteiger partial charge in [0.1, 0.15) is 5.75 Å². The highest BCUT2D eigenvalue weighted by molar-refractivity contribution is 6.34. The minimum absolute atomic E-state index is 0.284. The average Bonchev–Trinajstić information content (AvgIpc) is 2.68. The monoisotopic (exact) mass is 295 g/mol. The molecule has 2 heterocycles. The zero-order chi connectivity index (χ0) is 15.3. The van der Waals surface area contributed by atoms with Gasteiger partial charge >= 0.3 is 17.8 Å². The van der Waals surface area contributed by atoms with E-state index in [1.165, 1.54) is 11.9 Å². The Kier molecular flexibility index (Phi) is 2.54. The highest BCUT2D eigenvalue weighted by Crippen LogP contribution is 2.42.